The summed E-state index contributed by atoms with van der Waals surface area (Å²) in [6, 6.07) is 13.8. The highest BCUT2D eigenvalue weighted by molar-refractivity contribution is 7.89. The first-order chi connectivity index (χ1) is 13.8. The maximum atomic E-state index is 12.8. The molecule has 1 atom stereocenters. The fraction of sp³-hybridized carbons (Fsp3) is 0.381. The van der Waals surface area contributed by atoms with Gasteiger partial charge in [0.1, 0.15) is 5.75 Å². The number of sulfonamides is 1. The van der Waals surface area contributed by atoms with Gasteiger partial charge >= 0.3 is 0 Å². The molecule has 1 heterocycles. The van der Waals surface area contributed by atoms with Gasteiger partial charge in [0.25, 0.3) is 5.91 Å². The Bertz CT molecular complexity index is 952. The largest absolute Gasteiger partial charge is 0.497 e. The lowest BCUT2D eigenvalue weighted by molar-refractivity contribution is -0.917. The number of ether oxygens (including phenoxy) is 1. The third-order valence-corrected chi connectivity index (χ3v) is 7.28. The van der Waals surface area contributed by atoms with Crippen molar-refractivity contribution in [2.45, 2.75) is 24.8 Å². The van der Waals surface area contributed by atoms with Gasteiger partial charge in [-0.15, -0.1) is 0 Å². The van der Waals surface area contributed by atoms with Crippen LogP contribution in [-0.4, -0.2) is 58.0 Å². The van der Waals surface area contributed by atoms with E-state index in [0.717, 1.165) is 10.5 Å². The molecule has 1 amide bonds. The van der Waals surface area contributed by atoms with Gasteiger partial charge in [0.05, 0.1) is 38.2 Å². The lowest BCUT2D eigenvalue weighted by Gasteiger charge is -2.34. The Morgan fingerprint density at radius 3 is 2.41 bits per heavy atom. The van der Waals surface area contributed by atoms with Crippen LogP contribution in [0.5, 0.6) is 5.75 Å². The van der Waals surface area contributed by atoms with E-state index in [1.165, 1.54) is 4.31 Å². The highest BCUT2D eigenvalue weighted by Crippen LogP contribution is 2.17. The zero-order valence-corrected chi connectivity index (χ0v) is 17.8. The van der Waals surface area contributed by atoms with E-state index in [0.29, 0.717) is 42.5 Å². The van der Waals surface area contributed by atoms with Crippen LogP contribution in [0.3, 0.4) is 0 Å². The number of rotatable bonds is 6. The van der Waals surface area contributed by atoms with Crippen molar-refractivity contribution in [1.29, 1.82) is 0 Å². The van der Waals surface area contributed by atoms with E-state index >= 15 is 0 Å². The number of benzene rings is 2. The van der Waals surface area contributed by atoms with Crippen LogP contribution in [0.15, 0.2) is 53.4 Å². The van der Waals surface area contributed by atoms with E-state index in [4.69, 9.17) is 4.74 Å². The van der Waals surface area contributed by atoms with Gasteiger partial charge in [0, 0.05) is 11.8 Å². The monoisotopic (exact) mass is 418 g/mol. The summed E-state index contributed by atoms with van der Waals surface area (Å²) >= 11 is 0. The molecule has 0 saturated carbocycles. The molecule has 1 aliphatic rings. The van der Waals surface area contributed by atoms with E-state index in [1.54, 1.807) is 37.4 Å². The second-order valence-electron chi connectivity index (χ2n) is 7.32. The van der Waals surface area contributed by atoms with Crippen LogP contribution in [-0.2, 0) is 14.8 Å². The van der Waals surface area contributed by atoms with Crippen molar-refractivity contribution in [3.8, 4) is 5.75 Å². The quantitative estimate of drug-likeness (QED) is 0.731. The normalized spacial score (nSPS) is 16.9. The van der Waals surface area contributed by atoms with Gasteiger partial charge in [0.15, 0.2) is 6.04 Å². The van der Waals surface area contributed by atoms with E-state index < -0.39 is 10.0 Å². The summed E-state index contributed by atoms with van der Waals surface area (Å²) in [5.74, 6) is 0.584. The number of carbonyl (C=O) groups excluding carboxylic acids is 1. The summed E-state index contributed by atoms with van der Waals surface area (Å²) in [4.78, 5) is 14.0. The van der Waals surface area contributed by atoms with Crippen LogP contribution in [0.4, 0.5) is 5.69 Å². The number of quaternary nitrogens is 1. The third kappa shape index (κ3) is 4.95. The lowest BCUT2D eigenvalue weighted by atomic mass is 10.2. The minimum Gasteiger partial charge on any atom is -0.497 e. The molecule has 0 radical (unpaired) electrons. The van der Waals surface area contributed by atoms with Gasteiger partial charge in [0.2, 0.25) is 10.0 Å². The maximum Gasteiger partial charge on any atom is 0.282 e. The Morgan fingerprint density at radius 2 is 1.79 bits per heavy atom. The summed E-state index contributed by atoms with van der Waals surface area (Å²) in [6.45, 7) is 5.74. The highest BCUT2D eigenvalue weighted by atomic mass is 32.2. The van der Waals surface area contributed by atoms with Crippen molar-refractivity contribution in [2.24, 2.45) is 0 Å². The molecule has 156 valence electrons. The average Bonchev–Trinajstić information content (AvgIpc) is 2.73. The van der Waals surface area contributed by atoms with Crippen molar-refractivity contribution in [2.75, 3.05) is 38.6 Å². The van der Waals surface area contributed by atoms with E-state index in [1.807, 2.05) is 32.0 Å². The van der Waals surface area contributed by atoms with Crippen LogP contribution in [0.25, 0.3) is 0 Å². The summed E-state index contributed by atoms with van der Waals surface area (Å²) in [6.07, 6.45) is 0. The molecule has 3 rings (SSSR count). The number of hydrogen-bond acceptors (Lipinski definition) is 4. The molecule has 2 N–H and O–H groups in total. The maximum absolute atomic E-state index is 12.8. The number of hydrogen-bond donors (Lipinski definition) is 2. The zero-order valence-electron chi connectivity index (χ0n) is 17.0. The summed E-state index contributed by atoms with van der Waals surface area (Å²) in [5, 5.41) is 2.91. The summed E-state index contributed by atoms with van der Waals surface area (Å²) in [5.41, 5.74) is 1.70. The summed E-state index contributed by atoms with van der Waals surface area (Å²) < 4.78 is 32.4. The Kier molecular flexibility index (Phi) is 6.56. The molecule has 1 fully saturated rings. The standard InChI is InChI=1S/C21H27N3O4S/c1-16-7-9-20(10-8-16)29(26,27)24-13-11-23(12-14-24)17(2)21(25)22-18-5-4-6-19(15-18)28-3/h4-10,15,17H,11-14H2,1-3H3,(H,22,25)/p+1/t17-/m0/s1. The van der Waals surface area contributed by atoms with Gasteiger partial charge in [-0.05, 0) is 38.1 Å². The van der Waals surface area contributed by atoms with Crippen molar-refractivity contribution >= 4 is 21.6 Å². The van der Waals surface area contributed by atoms with E-state index in [-0.39, 0.29) is 11.9 Å². The van der Waals surface area contributed by atoms with Crippen LogP contribution < -0.4 is 15.0 Å². The average molecular weight is 419 g/mol. The molecule has 0 unspecified atom stereocenters. The Hall–Kier alpha value is -2.42. The van der Waals surface area contributed by atoms with E-state index in [9.17, 15) is 13.2 Å². The predicted octanol–water partition coefficient (Wildman–Crippen LogP) is 0.920. The minimum absolute atomic E-state index is 0.0944. The fourth-order valence-corrected chi connectivity index (χ4v) is 4.88. The van der Waals surface area contributed by atoms with Crippen molar-refractivity contribution < 1.29 is 22.8 Å². The molecule has 2 aromatic carbocycles. The number of piperazine rings is 1. The molecule has 7 nitrogen and oxygen atoms in total. The van der Waals surface area contributed by atoms with Gasteiger partial charge in [-0.2, -0.15) is 4.31 Å². The molecule has 0 aromatic heterocycles. The first-order valence-electron chi connectivity index (χ1n) is 9.67. The molecular formula is C21H28N3O4S+. The van der Waals surface area contributed by atoms with Crippen LogP contribution in [0, 0.1) is 6.92 Å². The van der Waals surface area contributed by atoms with Crippen molar-refractivity contribution in [1.82, 2.24) is 4.31 Å². The van der Waals surface area contributed by atoms with Gasteiger partial charge in [-0.1, -0.05) is 23.8 Å². The molecule has 8 heteroatoms. The first kappa shape index (κ1) is 21.3. The Balaban J connectivity index is 1.59. The first-order valence-corrected chi connectivity index (χ1v) is 11.1. The zero-order chi connectivity index (χ0) is 21.0. The minimum atomic E-state index is -3.50. The Labute approximate surface area is 172 Å². The topological polar surface area (TPSA) is 80.2 Å². The smallest absolute Gasteiger partial charge is 0.282 e. The molecule has 1 saturated heterocycles. The second-order valence-corrected chi connectivity index (χ2v) is 9.26. The summed E-state index contributed by atoms with van der Waals surface area (Å²) in [7, 11) is -1.92. The molecule has 0 bridgehead atoms. The highest BCUT2D eigenvalue weighted by Gasteiger charge is 2.34. The Morgan fingerprint density at radius 1 is 1.14 bits per heavy atom. The number of aryl methyl sites for hydroxylation is 1. The third-order valence-electron chi connectivity index (χ3n) is 5.37. The van der Waals surface area contributed by atoms with Crippen LogP contribution >= 0.6 is 0 Å². The van der Waals surface area contributed by atoms with E-state index in [2.05, 4.69) is 5.32 Å². The molecule has 0 spiro atoms. The number of amides is 1. The molecular weight excluding hydrogens is 390 g/mol. The number of methoxy groups -OCH3 is 1. The van der Waals surface area contributed by atoms with Crippen LogP contribution in [0.1, 0.15) is 12.5 Å². The molecule has 2 aromatic rings. The van der Waals surface area contributed by atoms with Crippen molar-refractivity contribution in [3.63, 3.8) is 0 Å². The number of nitrogens with one attached hydrogen (secondary N) is 2. The van der Waals surface area contributed by atoms with Crippen LogP contribution in [0.2, 0.25) is 0 Å². The number of anilines is 1. The van der Waals surface area contributed by atoms with Crippen molar-refractivity contribution in [3.05, 3.63) is 54.1 Å². The lowest BCUT2D eigenvalue weighted by Crippen LogP contribution is -3.19. The van der Waals surface area contributed by atoms with Gasteiger partial charge in [-0.25, -0.2) is 8.42 Å². The SMILES string of the molecule is COc1cccc(NC(=O)[C@H](C)[NH+]2CCN(S(=O)(=O)c3ccc(C)cc3)CC2)c1. The predicted molar refractivity (Wildman–Crippen MR) is 112 cm³/mol. The molecule has 29 heavy (non-hydrogen) atoms. The number of carbonyl (C=O) groups is 1. The van der Waals surface area contributed by atoms with Gasteiger partial charge in [-0.3, -0.25) is 4.79 Å². The van der Waals surface area contributed by atoms with Gasteiger partial charge < -0.3 is 15.0 Å². The number of nitrogens with zero attached hydrogens (tertiary/aromatic N) is 1. The molecule has 0 aliphatic carbocycles. The fourth-order valence-electron chi connectivity index (χ4n) is 3.44. The molecule has 1 aliphatic heterocycles. The second kappa shape index (κ2) is 8.94.